The monoisotopic (exact) mass is 485 g/mol. The molecular formula is C24H24ClN3O4S. The Bertz CT molecular complexity index is 1150. The fourth-order valence-corrected chi connectivity index (χ4v) is 5.15. The third-order valence-electron chi connectivity index (χ3n) is 5.98. The van der Waals surface area contributed by atoms with Gasteiger partial charge in [-0.3, -0.25) is 9.59 Å². The van der Waals surface area contributed by atoms with Crippen LogP contribution < -0.4 is 4.74 Å². The van der Waals surface area contributed by atoms with Crippen LogP contribution in [-0.4, -0.2) is 46.7 Å². The number of thioether (sulfide) groups is 1. The zero-order valence-corrected chi connectivity index (χ0v) is 20.0. The summed E-state index contributed by atoms with van der Waals surface area (Å²) in [7, 11) is 3.27. The summed E-state index contributed by atoms with van der Waals surface area (Å²) in [5.41, 5.74) is 0.373. The van der Waals surface area contributed by atoms with Crippen molar-refractivity contribution in [2.75, 3.05) is 19.9 Å². The second kappa shape index (κ2) is 9.97. The molecule has 1 atom stereocenters. The van der Waals surface area contributed by atoms with E-state index in [9.17, 15) is 9.59 Å². The molecule has 172 valence electrons. The van der Waals surface area contributed by atoms with E-state index in [1.54, 1.807) is 37.3 Å². The lowest BCUT2D eigenvalue weighted by Gasteiger charge is -2.44. The quantitative estimate of drug-likeness (QED) is 0.436. The lowest BCUT2D eigenvalue weighted by molar-refractivity contribution is -0.146. The van der Waals surface area contributed by atoms with Crippen LogP contribution in [0.1, 0.15) is 31.2 Å². The van der Waals surface area contributed by atoms with Gasteiger partial charge >= 0.3 is 0 Å². The average molecular weight is 486 g/mol. The predicted molar refractivity (Wildman–Crippen MR) is 126 cm³/mol. The van der Waals surface area contributed by atoms with Crippen molar-refractivity contribution in [2.45, 2.75) is 36.4 Å². The van der Waals surface area contributed by atoms with E-state index in [4.69, 9.17) is 20.8 Å². The molecule has 33 heavy (non-hydrogen) atoms. The Morgan fingerprint density at radius 3 is 2.64 bits per heavy atom. The van der Waals surface area contributed by atoms with Crippen molar-refractivity contribution < 1.29 is 18.7 Å². The van der Waals surface area contributed by atoms with Crippen LogP contribution in [0.15, 0.2) is 58.2 Å². The van der Waals surface area contributed by atoms with Gasteiger partial charge in [0.15, 0.2) is 5.78 Å². The van der Waals surface area contributed by atoms with Crippen LogP contribution in [0, 0.1) is 0 Å². The summed E-state index contributed by atoms with van der Waals surface area (Å²) in [6.45, 7) is 0. The van der Waals surface area contributed by atoms with Gasteiger partial charge in [-0.15, -0.1) is 10.2 Å². The van der Waals surface area contributed by atoms with Gasteiger partial charge in [-0.05, 0) is 49.6 Å². The number of hydrogen-bond acceptors (Lipinski definition) is 7. The second-order valence-corrected chi connectivity index (χ2v) is 9.15. The first kappa shape index (κ1) is 23.3. The number of hydrogen-bond donors (Lipinski definition) is 0. The Labute approximate surface area is 201 Å². The van der Waals surface area contributed by atoms with Crippen LogP contribution in [0.2, 0.25) is 5.02 Å². The third-order valence-corrected chi connectivity index (χ3v) is 7.12. The summed E-state index contributed by atoms with van der Waals surface area (Å²) in [5, 5.41) is 8.87. The molecule has 0 aliphatic heterocycles. The number of likely N-dealkylation sites (N-methyl/N-ethyl adjacent to an activating group) is 1. The number of ketones is 1. The molecule has 0 saturated heterocycles. The molecule has 1 amide bonds. The first-order valence-corrected chi connectivity index (χ1v) is 12.0. The van der Waals surface area contributed by atoms with Crippen LogP contribution >= 0.6 is 23.4 Å². The van der Waals surface area contributed by atoms with Crippen LogP contribution in [0.3, 0.4) is 0 Å². The molecule has 1 aromatic heterocycles. The lowest BCUT2D eigenvalue weighted by atomic mass is 9.74. The molecule has 3 aromatic rings. The van der Waals surface area contributed by atoms with Crippen molar-refractivity contribution in [3.8, 4) is 17.2 Å². The number of benzene rings is 2. The number of carbonyl (C=O) groups excluding carboxylic acids is 2. The zero-order valence-electron chi connectivity index (χ0n) is 18.4. The molecule has 9 heteroatoms. The molecule has 0 radical (unpaired) electrons. The first-order valence-electron chi connectivity index (χ1n) is 10.6. The molecule has 0 unspecified atom stereocenters. The van der Waals surface area contributed by atoms with Crippen molar-refractivity contribution in [2.24, 2.45) is 0 Å². The largest absolute Gasteiger partial charge is 0.497 e. The minimum atomic E-state index is -1.06. The molecule has 1 aliphatic rings. The Morgan fingerprint density at radius 2 is 1.94 bits per heavy atom. The summed E-state index contributed by atoms with van der Waals surface area (Å²) in [4.78, 5) is 27.9. The maximum absolute atomic E-state index is 13.2. The van der Waals surface area contributed by atoms with Gasteiger partial charge in [0.2, 0.25) is 11.8 Å². The molecule has 2 aromatic carbocycles. The van der Waals surface area contributed by atoms with Crippen LogP contribution in [0.25, 0.3) is 11.5 Å². The standard InChI is InChI=1S/C24H24ClN3O4S/c1-28(24(14-6-5-9-20(24)29)18-7-3-4-8-19(18)25)21(30)15-33-23-27-26-22(32-23)16-10-12-17(31-2)13-11-16/h3-4,7-8,10-13H,5-6,9,14-15H2,1-2H3/t24-/m1/s1. The Balaban J connectivity index is 1.50. The van der Waals surface area contributed by atoms with E-state index in [1.807, 2.05) is 30.3 Å². The minimum Gasteiger partial charge on any atom is -0.497 e. The van der Waals surface area contributed by atoms with Crippen molar-refractivity contribution in [3.63, 3.8) is 0 Å². The number of carbonyl (C=O) groups is 2. The fourth-order valence-electron chi connectivity index (χ4n) is 4.18. The van der Waals surface area contributed by atoms with Crippen molar-refractivity contribution >= 4 is 35.1 Å². The van der Waals surface area contributed by atoms with Crippen molar-refractivity contribution in [1.82, 2.24) is 15.1 Å². The summed E-state index contributed by atoms with van der Waals surface area (Å²) < 4.78 is 10.9. The van der Waals surface area contributed by atoms with E-state index >= 15 is 0 Å². The van der Waals surface area contributed by atoms with E-state index < -0.39 is 5.54 Å². The number of halogens is 1. The topological polar surface area (TPSA) is 85.5 Å². The smallest absolute Gasteiger partial charge is 0.277 e. The molecule has 1 saturated carbocycles. The van der Waals surface area contributed by atoms with Crippen LogP contribution in [0.5, 0.6) is 5.75 Å². The maximum Gasteiger partial charge on any atom is 0.277 e. The number of Topliss-reactive ketones (excluding diaryl/α,β-unsaturated/α-hetero) is 1. The van der Waals surface area contributed by atoms with E-state index in [1.165, 1.54) is 0 Å². The molecule has 0 N–H and O–H groups in total. The number of methoxy groups -OCH3 is 1. The molecule has 7 nitrogen and oxygen atoms in total. The minimum absolute atomic E-state index is 0.0160. The molecule has 0 bridgehead atoms. The lowest BCUT2D eigenvalue weighted by Crippen LogP contribution is -2.54. The summed E-state index contributed by atoms with van der Waals surface area (Å²) in [5.74, 6) is 0.948. The highest BCUT2D eigenvalue weighted by Gasteiger charge is 2.47. The van der Waals surface area contributed by atoms with Crippen LogP contribution in [0.4, 0.5) is 0 Å². The highest BCUT2D eigenvalue weighted by Crippen LogP contribution is 2.42. The van der Waals surface area contributed by atoms with Crippen molar-refractivity contribution in [3.05, 3.63) is 59.1 Å². The third kappa shape index (κ3) is 4.63. The molecule has 0 spiro atoms. The first-order chi connectivity index (χ1) is 16.0. The average Bonchev–Trinajstić information content (AvgIpc) is 3.32. The zero-order chi connectivity index (χ0) is 23.4. The van der Waals surface area contributed by atoms with Crippen LogP contribution in [-0.2, 0) is 15.1 Å². The van der Waals surface area contributed by atoms with E-state index in [0.717, 1.165) is 35.9 Å². The summed E-state index contributed by atoms with van der Waals surface area (Å²) >= 11 is 7.62. The van der Waals surface area contributed by atoms with Gasteiger partial charge in [0.1, 0.15) is 11.3 Å². The number of nitrogens with zero attached hydrogens (tertiary/aromatic N) is 3. The van der Waals surface area contributed by atoms with Gasteiger partial charge in [0, 0.05) is 29.6 Å². The predicted octanol–water partition coefficient (Wildman–Crippen LogP) is 4.99. The van der Waals surface area contributed by atoms with Gasteiger partial charge in [-0.1, -0.05) is 41.6 Å². The number of amides is 1. The van der Waals surface area contributed by atoms with Gasteiger partial charge in [-0.25, -0.2) is 0 Å². The highest BCUT2D eigenvalue weighted by atomic mass is 35.5. The Hall–Kier alpha value is -2.84. The summed E-state index contributed by atoms with van der Waals surface area (Å²) in [6.07, 6.45) is 2.63. The van der Waals surface area contributed by atoms with E-state index in [-0.39, 0.29) is 22.7 Å². The Kier molecular flexibility index (Phi) is 7.05. The maximum atomic E-state index is 13.2. The normalized spacial score (nSPS) is 18.2. The number of rotatable bonds is 7. The van der Waals surface area contributed by atoms with Gasteiger partial charge < -0.3 is 14.1 Å². The molecule has 1 fully saturated rings. The molecule has 4 rings (SSSR count). The van der Waals surface area contributed by atoms with Gasteiger partial charge in [0.05, 0.1) is 12.9 Å². The fraction of sp³-hybridized carbons (Fsp3) is 0.333. The summed E-state index contributed by atoms with van der Waals surface area (Å²) in [6, 6.07) is 14.5. The molecular weight excluding hydrogens is 462 g/mol. The van der Waals surface area contributed by atoms with Gasteiger partial charge in [0.25, 0.3) is 5.22 Å². The SMILES string of the molecule is COc1ccc(-c2nnc(SCC(=O)N(C)[C@@]3(c4ccccc4Cl)CCCCC3=O)o2)cc1. The van der Waals surface area contributed by atoms with Gasteiger partial charge in [-0.2, -0.15) is 0 Å². The number of aromatic nitrogens is 2. The number of ether oxygens (including phenoxy) is 1. The second-order valence-electron chi connectivity index (χ2n) is 7.81. The van der Waals surface area contributed by atoms with E-state index in [0.29, 0.717) is 29.3 Å². The molecule has 1 heterocycles. The van der Waals surface area contributed by atoms with Crippen molar-refractivity contribution in [1.29, 1.82) is 0 Å². The molecule has 1 aliphatic carbocycles. The highest BCUT2D eigenvalue weighted by molar-refractivity contribution is 7.99. The van der Waals surface area contributed by atoms with E-state index in [2.05, 4.69) is 10.2 Å². The Morgan fingerprint density at radius 1 is 1.18 bits per heavy atom.